The standard InChI is InChI=1S/C12H14ClN5O2/c1-7(11-14-6-15-18-11)16-12(19)17-8-3-4-10(20-2)9(13)5-8/h3-7H,1-2H3,(H,14,15,18)(H2,16,17,19)/t7-/m1/s1. The molecular weight excluding hydrogens is 282 g/mol. The molecule has 2 rings (SSSR count). The second-order valence-electron chi connectivity index (χ2n) is 4.04. The first-order valence-electron chi connectivity index (χ1n) is 5.86. The van der Waals surface area contributed by atoms with Crippen LogP contribution in [-0.2, 0) is 0 Å². The van der Waals surface area contributed by atoms with Gasteiger partial charge in [0.2, 0.25) is 0 Å². The second kappa shape index (κ2) is 6.25. The third-order valence-corrected chi connectivity index (χ3v) is 2.90. The number of anilines is 1. The summed E-state index contributed by atoms with van der Waals surface area (Å²) < 4.78 is 5.04. The third-order valence-electron chi connectivity index (χ3n) is 2.60. The summed E-state index contributed by atoms with van der Waals surface area (Å²) in [5.41, 5.74) is 0.568. The predicted octanol–water partition coefficient (Wildman–Crippen LogP) is 2.35. The van der Waals surface area contributed by atoms with Crippen LogP contribution >= 0.6 is 11.6 Å². The Bertz CT molecular complexity index is 588. The van der Waals surface area contributed by atoms with Gasteiger partial charge in [-0.3, -0.25) is 5.10 Å². The van der Waals surface area contributed by atoms with Crippen molar-refractivity contribution in [3.05, 3.63) is 35.4 Å². The number of urea groups is 1. The van der Waals surface area contributed by atoms with E-state index in [0.29, 0.717) is 22.3 Å². The molecule has 3 N–H and O–H groups in total. The minimum absolute atomic E-state index is 0.286. The first-order chi connectivity index (χ1) is 9.60. The Morgan fingerprint density at radius 3 is 2.90 bits per heavy atom. The van der Waals surface area contributed by atoms with Crippen molar-refractivity contribution in [1.29, 1.82) is 0 Å². The average molecular weight is 296 g/mol. The van der Waals surface area contributed by atoms with Crippen LogP contribution in [0.4, 0.5) is 10.5 Å². The Balaban J connectivity index is 1.96. The molecule has 0 bridgehead atoms. The van der Waals surface area contributed by atoms with Gasteiger partial charge in [-0.25, -0.2) is 9.78 Å². The average Bonchev–Trinajstić information content (AvgIpc) is 2.92. The third kappa shape index (κ3) is 3.39. The molecule has 20 heavy (non-hydrogen) atoms. The van der Waals surface area contributed by atoms with Crippen molar-refractivity contribution in [2.75, 3.05) is 12.4 Å². The molecular formula is C12H14ClN5O2. The van der Waals surface area contributed by atoms with Crippen LogP contribution in [0.5, 0.6) is 5.75 Å². The van der Waals surface area contributed by atoms with Gasteiger partial charge < -0.3 is 15.4 Å². The summed E-state index contributed by atoms with van der Waals surface area (Å²) in [6, 6.07) is 4.33. The van der Waals surface area contributed by atoms with Crippen molar-refractivity contribution < 1.29 is 9.53 Å². The lowest BCUT2D eigenvalue weighted by Crippen LogP contribution is -2.31. The number of carbonyl (C=O) groups is 1. The molecule has 0 radical (unpaired) electrons. The number of hydrogen-bond acceptors (Lipinski definition) is 4. The molecule has 1 atom stereocenters. The van der Waals surface area contributed by atoms with E-state index in [0.717, 1.165) is 0 Å². The van der Waals surface area contributed by atoms with E-state index >= 15 is 0 Å². The number of carbonyl (C=O) groups excluding carboxylic acids is 1. The van der Waals surface area contributed by atoms with Crippen LogP contribution in [0.25, 0.3) is 0 Å². The lowest BCUT2D eigenvalue weighted by atomic mass is 10.3. The lowest BCUT2D eigenvalue weighted by molar-refractivity contribution is 0.249. The minimum Gasteiger partial charge on any atom is -0.495 e. The van der Waals surface area contributed by atoms with E-state index in [2.05, 4.69) is 25.8 Å². The molecule has 0 aliphatic rings. The van der Waals surface area contributed by atoms with E-state index in [1.54, 1.807) is 25.1 Å². The van der Waals surface area contributed by atoms with Crippen LogP contribution in [0.2, 0.25) is 5.02 Å². The summed E-state index contributed by atoms with van der Waals surface area (Å²) in [4.78, 5) is 15.8. The van der Waals surface area contributed by atoms with E-state index in [1.165, 1.54) is 13.4 Å². The molecule has 0 aliphatic carbocycles. The SMILES string of the molecule is COc1ccc(NC(=O)N[C@H](C)c2ncn[nH]2)cc1Cl. The Morgan fingerprint density at radius 1 is 1.50 bits per heavy atom. The van der Waals surface area contributed by atoms with Crippen LogP contribution in [0.15, 0.2) is 24.5 Å². The van der Waals surface area contributed by atoms with Gasteiger partial charge in [-0.15, -0.1) is 0 Å². The molecule has 0 unspecified atom stereocenters. The van der Waals surface area contributed by atoms with Crippen LogP contribution in [0.3, 0.4) is 0 Å². The van der Waals surface area contributed by atoms with Gasteiger partial charge in [0.05, 0.1) is 18.2 Å². The Kier molecular flexibility index (Phi) is 4.41. The number of rotatable bonds is 4. The van der Waals surface area contributed by atoms with Crippen molar-refractivity contribution in [3.63, 3.8) is 0 Å². The Morgan fingerprint density at radius 2 is 2.30 bits per heavy atom. The molecule has 1 aromatic heterocycles. The zero-order valence-corrected chi connectivity index (χ0v) is 11.7. The summed E-state index contributed by atoms with van der Waals surface area (Å²) in [5, 5.41) is 12.2. The summed E-state index contributed by atoms with van der Waals surface area (Å²) >= 11 is 5.98. The highest BCUT2D eigenvalue weighted by atomic mass is 35.5. The maximum atomic E-state index is 11.8. The first kappa shape index (κ1) is 14.1. The van der Waals surface area contributed by atoms with Crippen molar-refractivity contribution in [2.45, 2.75) is 13.0 Å². The van der Waals surface area contributed by atoms with Gasteiger partial charge in [-0.1, -0.05) is 11.6 Å². The van der Waals surface area contributed by atoms with Gasteiger partial charge in [-0.05, 0) is 25.1 Å². The lowest BCUT2D eigenvalue weighted by Gasteiger charge is -2.13. The fourth-order valence-electron chi connectivity index (χ4n) is 1.60. The molecule has 1 heterocycles. The topological polar surface area (TPSA) is 91.9 Å². The van der Waals surface area contributed by atoms with E-state index in [4.69, 9.17) is 16.3 Å². The molecule has 2 amide bonds. The number of amides is 2. The highest BCUT2D eigenvalue weighted by Gasteiger charge is 2.12. The number of halogens is 1. The molecule has 0 spiro atoms. The Hall–Kier alpha value is -2.28. The van der Waals surface area contributed by atoms with Gasteiger partial charge in [0.25, 0.3) is 0 Å². The summed E-state index contributed by atoms with van der Waals surface area (Å²) in [5.74, 6) is 1.13. The quantitative estimate of drug-likeness (QED) is 0.807. The van der Waals surface area contributed by atoms with E-state index < -0.39 is 0 Å². The highest BCUT2D eigenvalue weighted by Crippen LogP contribution is 2.27. The molecule has 106 valence electrons. The molecule has 0 saturated heterocycles. The summed E-state index contributed by atoms with van der Waals surface area (Å²) in [6.07, 6.45) is 1.38. The van der Waals surface area contributed by atoms with Crippen LogP contribution in [-0.4, -0.2) is 28.3 Å². The summed E-state index contributed by atoms with van der Waals surface area (Å²) in [7, 11) is 1.53. The number of ether oxygens (including phenoxy) is 1. The van der Waals surface area contributed by atoms with Crippen molar-refractivity contribution in [2.24, 2.45) is 0 Å². The van der Waals surface area contributed by atoms with Crippen LogP contribution in [0, 0.1) is 0 Å². The van der Waals surface area contributed by atoms with Crippen molar-refractivity contribution in [3.8, 4) is 5.75 Å². The fourth-order valence-corrected chi connectivity index (χ4v) is 1.86. The summed E-state index contributed by atoms with van der Waals surface area (Å²) in [6.45, 7) is 1.79. The zero-order valence-electron chi connectivity index (χ0n) is 11.0. The van der Waals surface area contributed by atoms with Crippen molar-refractivity contribution in [1.82, 2.24) is 20.5 Å². The second-order valence-corrected chi connectivity index (χ2v) is 4.45. The molecule has 1 aromatic carbocycles. The molecule has 2 aromatic rings. The van der Waals surface area contributed by atoms with E-state index in [-0.39, 0.29) is 12.1 Å². The molecule has 8 heteroatoms. The highest BCUT2D eigenvalue weighted by molar-refractivity contribution is 6.32. The number of hydrogen-bond donors (Lipinski definition) is 3. The van der Waals surface area contributed by atoms with E-state index in [1.807, 2.05) is 0 Å². The predicted molar refractivity (Wildman–Crippen MR) is 75.0 cm³/mol. The van der Waals surface area contributed by atoms with Crippen molar-refractivity contribution >= 4 is 23.3 Å². The van der Waals surface area contributed by atoms with Gasteiger partial charge >= 0.3 is 6.03 Å². The van der Waals surface area contributed by atoms with Gasteiger partial charge in [0, 0.05) is 5.69 Å². The largest absolute Gasteiger partial charge is 0.495 e. The first-order valence-corrected chi connectivity index (χ1v) is 6.24. The minimum atomic E-state index is -0.366. The molecule has 0 aliphatic heterocycles. The molecule has 0 fully saturated rings. The normalized spacial score (nSPS) is 11.8. The van der Waals surface area contributed by atoms with Gasteiger partial charge in [0.15, 0.2) is 0 Å². The van der Waals surface area contributed by atoms with Gasteiger partial charge in [-0.2, -0.15) is 5.10 Å². The smallest absolute Gasteiger partial charge is 0.319 e. The molecule has 0 saturated carbocycles. The number of aromatic nitrogens is 3. The van der Waals surface area contributed by atoms with Crippen LogP contribution < -0.4 is 15.4 Å². The zero-order chi connectivity index (χ0) is 14.5. The number of nitrogens with zero attached hydrogens (tertiary/aromatic N) is 2. The Labute approximate surface area is 120 Å². The maximum absolute atomic E-state index is 11.8. The number of aromatic amines is 1. The van der Waals surface area contributed by atoms with Crippen LogP contribution in [0.1, 0.15) is 18.8 Å². The van der Waals surface area contributed by atoms with E-state index in [9.17, 15) is 4.79 Å². The number of benzene rings is 1. The number of H-pyrrole nitrogens is 1. The van der Waals surface area contributed by atoms with Gasteiger partial charge in [0.1, 0.15) is 17.9 Å². The molecule has 7 nitrogen and oxygen atoms in total. The number of nitrogens with one attached hydrogen (secondary N) is 3. The monoisotopic (exact) mass is 295 g/mol. The maximum Gasteiger partial charge on any atom is 0.319 e. The number of methoxy groups -OCH3 is 1. The fraction of sp³-hybridized carbons (Fsp3) is 0.250.